The van der Waals surface area contributed by atoms with Gasteiger partial charge in [-0.05, 0) is 128 Å². The number of halogens is 1. The monoisotopic (exact) mass is 458 g/mol. The van der Waals surface area contributed by atoms with Gasteiger partial charge in [-0.1, -0.05) is 31.4 Å². The van der Waals surface area contributed by atoms with Crippen LogP contribution in [0.5, 0.6) is 0 Å². The van der Waals surface area contributed by atoms with E-state index in [2.05, 4.69) is 12.1 Å². The van der Waals surface area contributed by atoms with Gasteiger partial charge in [0.2, 0.25) is 0 Å². The smallest absolute Gasteiger partial charge is 0.207 e. The molecule has 7 rings (SSSR count). The molecule has 6 aliphatic rings. The second-order valence-electron chi connectivity index (χ2n) is 12.3. The Morgan fingerprint density at radius 1 is 0.613 bits per heavy atom. The third-order valence-corrected chi connectivity index (χ3v) is 12.3. The first-order chi connectivity index (χ1) is 14.9. The maximum Gasteiger partial charge on any atom is 0.261 e. The maximum absolute atomic E-state index is 13.1. The predicted octanol–water partition coefficient (Wildman–Crippen LogP) is 7.32. The lowest BCUT2D eigenvalue weighted by Crippen LogP contribution is -2.19. The van der Waals surface area contributed by atoms with Crippen molar-refractivity contribution in [3.8, 4) is 0 Å². The van der Waals surface area contributed by atoms with Gasteiger partial charge in [0.1, 0.15) is 0 Å². The Kier molecular flexibility index (Phi) is 4.48. The first-order valence-electron chi connectivity index (χ1n) is 13.1. The lowest BCUT2D eigenvalue weighted by molar-refractivity contribution is 0.396. The standard InChI is InChI=1S/C27H35ClO2S/c28-31(29,30)27-25(23-11-16-2-5-19(23)8-16)13-21(22-10-15-1-4-18(22)7-15)14-26(27)24-12-17-3-6-20(24)9-17/h13-20,22-24H,1-12H2. The third kappa shape index (κ3) is 3.11. The molecule has 0 N–H and O–H groups in total. The van der Waals surface area contributed by atoms with Crippen LogP contribution < -0.4 is 0 Å². The van der Waals surface area contributed by atoms with Gasteiger partial charge in [0.05, 0.1) is 4.90 Å². The summed E-state index contributed by atoms with van der Waals surface area (Å²) in [6.07, 6.45) is 15.7. The molecule has 9 unspecified atom stereocenters. The van der Waals surface area contributed by atoms with Gasteiger partial charge in [-0.15, -0.1) is 0 Å². The Morgan fingerprint density at radius 3 is 1.35 bits per heavy atom. The van der Waals surface area contributed by atoms with Crippen molar-refractivity contribution in [3.63, 3.8) is 0 Å². The van der Waals surface area contributed by atoms with Crippen molar-refractivity contribution >= 4 is 19.7 Å². The first kappa shape index (κ1) is 19.9. The van der Waals surface area contributed by atoms with Gasteiger partial charge in [0.15, 0.2) is 0 Å². The first-order valence-corrected chi connectivity index (χ1v) is 15.4. The molecule has 6 aliphatic carbocycles. The number of rotatable bonds is 4. The summed E-state index contributed by atoms with van der Waals surface area (Å²) in [5.41, 5.74) is 3.76. The molecule has 6 fully saturated rings. The quantitative estimate of drug-likeness (QED) is 0.442. The highest BCUT2D eigenvalue weighted by Gasteiger charge is 2.47. The van der Waals surface area contributed by atoms with Crippen LogP contribution in [0.25, 0.3) is 0 Å². The topological polar surface area (TPSA) is 34.1 Å². The summed E-state index contributed by atoms with van der Waals surface area (Å²) in [6, 6.07) is 4.73. The largest absolute Gasteiger partial charge is 0.261 e. The molecule has 0 aromatic heterocycles. The summed E-state index contributed by atoms with van der Waals surface area (Å²) in [4.78, 5) is 0.566. The maximum atomic E-state index is 13.1. The Hall–Kier alpha value is -0.540. The molecular formula is C27H35ClO2S. The molecule has 1 aromatic rings. The van der Waals surface area contributed by atoms with E-state index >= 15 is 0 Å². The van der Waals surface area contributed by atoms with Crippen molar-refractivity contribution < 1.29 is 8.42 Å². The van der Waals surface area contributed by atoms with Crippen LogP contribution in [0.2, 0.25) is 0 Å². The number of hydrogen-bond acceptors (Lipinski definition) is 2. The van der Waals surface area contributed by atoms with Gasteiger partial charge in [-0.2, -0.15) is 0 Å². The summed E-state index contributed by atoms with van der Waals surface area (Å²) < 4.78 is 26.3. The van der Waals surface area contributed by atoms with Crippen LogP contribution in [0.4, 0.5) is 0 Å². The van der Waals surface area contributed by atoms with E-state index in [1.54, 1.807) is 0 Å². The van der Waals surface area contributed by atoms with Crippen molar-refractivity contribution in [1.29, 1.82) is 0 Å². The molecule has 2 nitrogen and oxygen atoms in total. The van der Waals surface area contributed by atoms with E-state index in [0.29, 0.717) is 34.5 Å². The zero-order chi connectivity index (χ0) is 20.9. The molecule has 0 radical (unpaired) electrons. The van der Waals surface area contributed by atoms with Crippen LogP contribution in [0.1, 0.15) is 111 Å². The second kappa shape index (κ2) is 6.98. The molecule has 1 aromatic carbocycles. The minimum absolute atomic E-state index is 0.415. The Balaban J connectivity index is 1.40. The van der Waals surface area contributed by atoms with Gasteiger partial charge in [0, 0.05) is 10.7 Å². The molecule has 6 saturated carbocycles. The second-order valence-corrected chi connectivity index (χ2v) is 14.8. The Bertz CT molecular complexity index is 967. The molecular weight excluding hydrogens is 424 g/mol. The molecule has 6 bridgehead atoms. The summed E-state index contributed by atoms with van der Waals surface area (Å²) in [7, 11) is 2.53. The lowest BCUT2D eigenvalue weighted by Gasteiger charge is -2.32. The van der Waals surface area contributed by atoms with Crippen molar-refractivity contribution in [3.05, 3.63) is 28.8 Å². The minimum atomic E-state index is -3.75. The normalized spacial score (nSPS) is 45.3. The zero-order valence-corrected chi connectivity index (χ0v) is 20.0. The van der Waals surface area contributed by atoms with Gasteiger partial charge in [-0.3, -0.25) is 0 Å². The molecule has 31 heavy (non-hydrogen) atoms. The Labute approximate surface area is 191 Å². The zero-order valence-electron chi connectivity index (χ0n) is 18.4. The van der Waals surface area contributed by atoms with E-state index in [4.69, 9.17) is 10.7 Å². The fourth-order valence-corrected chi connectivity index (χ4v) is 11.2. The van der Waals surface area contributed by atoms with E-state index in [1.165, 1.54) is 82.6 Å². The van der Waals surface area contributed by atoms with E-state index in [1.807, 2.05) is 0 Å². The highest BCUT2D eigenvalue weighted by molar-refractivity contribution is 8.13. The SMILES string of the molecule is O=S(=O)(Cl)c1c(C2CC3CCC2C3)cc(C2CC3CCC2C3)cc1C1CC2CCC1C2. The van der Waals surface area contributed by atoms with E-state index in [-0.39, 0.29) is 0 Å². The Morgan fingerprint density at radius 2 is 1.03 bits per heavy atom. The van der Waals surface area contributed by atoms with Crippen LogP contribution >= 0.6 is 10.7 Å². The lowest BCUT2D eigenvalue weighted by atomic mass is 9.75. The average molecular weight is 459 g/mol. The fourth-order valence-electron chi connectivity index (χ4n) is 9.65. The fraction of sp³-hybridized carbons (Fsp3) is 0.778. The van der Waals surface area contributed by atoms with Crippen molar-refractivity contribution in [2.45, 2.75) is 99.7 Å². The van der Waals surface area contributed by atoms with Crippen molar-refractivity contribution in [2.24, 2.45) is 35.5 Å². The van der Waals surface area contributed by atoms with Crippen LogP contribution in [0.3, 0.4) is 0 Å². The highest BCUT2D eigenvalue weighted by atomic mass is 35.7. The summed E-state index contributed by atoms with van der Waals surface area (Å²) >= 11 is 0. The number of fused-ring (bicyclic) bond motifs is 6. The molecule has 4 heteroatoms. The molecule has 0 amide bonds. The molecule has 0 aliphatic heterocycles. The van der Waals surface area contributed by atoms with Crippen LogP contribution in [-0.2, 0) is 9.05 Å². The highest BCUT2D eigenvalue weighted by Crippen LogP contribution is 2.60. The molecule has 0 spiro atoms. The summed E-state index contributed by atoms with van der Waals surface area (Å²) in [5.74, 6) is 6.16. The van der Waals surface area contributed by atoms with E-state index < -0.39 is 9.05 Å². The number of hydrogen-bond donors (Lipinski definition) is 0. The van der Waals surface area contributed by atoms with Crippen LogP contribution in [0, 0.1) is 35.5 Å². The van der Waals surface area contributed by atoms with Crippen molar-refractivity contribution in [1.82, 2.24) is 0 Å². The van der Waals surface area contributed by atoms with Crippen molar-refractivity contribution in [2.75, 3.05) is 0 Å². The molecule has 0 saturated heterocycles. The third-order valence-electron chi connectivity index (χ3n) is 10.9. The molecule has 0 heterocycles. The average Bonchev–Trinajstić information content (AvgIpc) is 3.58. The van der Waals surface area contributed by atoms with Gasteiger partial charge >= 0.3 is 0 Å². The predicted molar refractivity (Wildman–Crippen MR) is 124 cm³/mol. The van der Waals surface area contributed by atoms with Crippen LogP contribution in [-0.4, -0.2) is 8.42 Å². The molecule has 168 valence electrons. The van der Waals surface area contributed by atoms with E-state index in [9.17, 15) is 8.42 Å². The molecule has 9 atom stereocenters. The van der Waals surface area contributed by atoms with Gasteiger partial charge in [-0.25, -0.2) is 8.42 Å². The minimum Gasteiger partial charge on any atom is -0.207 e. The van der Waals surface area contributed by atoms with Crippen LogP contribution in [0.15, 0.2) is 17.0 Å². The number of benzene rings is 1. The summed E-state index contributed by atoms with van der Waals surface area (Å²) in [5, 5.41) is 0. The van der Waals surface area contributed by atoms with Gasteiger partial charge in [0.25, 0.3) is 9.05 Å². The van der Waals surface area contributed by atoms with Gasteiger partial charge < -0.3 is 0 Å². The summed E-state index contributed by atoms with van der Waals surface area (Å²) in [6.45, 7) is 0. The van der Waals surface area contributed by atoms with E-state index in [0.717, 1.165) is 34.8 Å².